The van der Waals surface area contributed by atoms with Crippen LogP contribution in [0.25, 0.3) is 0 Å². The van der Waals surface area contributed by atoms with Crippen molar-refractivity contribution in [3.63, 3.8) is 0 Å². The van der Waals surface area contributed by atoms with Crippen LogP contribution in [0.15, 0.2) is 29.8 Å². The standard InChI is InChI=1S/C12H14O4/c1-4-8(2)12(14)16-9-5-6-11(15-3)10(13)7-9/h4-7,13H,1-3H3/b8-4-. The van der Waals surface area contributed by atoms with Crippen molar-refractivity contribution in [2.24, 2.45) is 0 Å². The third kappa shape index (κ3) is 2.76. The second kappa shape index (κ2) is 5.21. The summed E-state index contributed by atoms with van der Waals surface area (Å²) in [5, 5.41) is 9.47. The normalized spacial score (nSPS) is 11.1. The molecule has 0 bridgehead atoms. The highest BCUT2D eigenvalue weighted by molar-refractivity contribution is 5.89. The predicted octanol–water partition coefficient (Wildman–Crippen LogP) is 2.27. The van der Waals surface area contributed by atoms with E-state index in [1.54, 1.807) is 26.0 Å². The lowest BCUT2D eigenvalue weighted by molar-refractivity contribution is -0.130. The maximum Gasteiger partial charge on any atom is 0.338 e. The Kier molecular flexibility index (Phi) is 3.94. The van der Waals surface area contributed by atoms with Crippen LogP contribution in [0.2, 0.25) is 0 Å². The fourth-order valence-corrected chi connectivity index (χ4v) is 1.04. The summed E-state index contributed by atoms with van der Waals surface area (Å²) in [6.45, 7) is 3.41. The number of phenols is 1. The summed E-state index contributed by atoms with van der Waals surface area (Å²) in [6.07, 6.45) is 1.66. The van der Waals surface area contributed by atoms with E-state index < -0.39 is 5.97 Å². The largest absolute Gasteiger partial charge is 0.504 e. The minimum Gasteiger partial charge on any atom is -0.504 e. The minimum atomic E-state index is -0.438. The lowest BCUT2D eigenvalue weighted by Crippen LogP contribution is -2.08. The van der Waals surface area contributed by atoms with Crippen LogP contribution in [0.3, 0.4) is 0 Å². The summed E-state index contributed by atoms with van der Waals surface area (Å²) in [4.78, 5) is 11.4. The van der Waals surface area contributed by atoms with E-state index >= 15 is 0 Å². The Morgan fingerprint density at radius 1 is 1.44 bits per heavy atom. The van der Waals surface area contributed by atoms with Crippen LogP contribution in [0, 0.1) is 0 Å². The van der Waals surface area contributed by atoms with Crippen molar-refractivity contribution in [2.45, 2.75) is 13.8 Å². The molecule has 0 aromatic heterocycles. The Labute approximate surface area is 94.1 Å². The minimum absolute atomic E-state index is 0.0640. The van der Waals surface area contributed by atoms with Gasteiger partial charge in [0.25, 0.3) is 0 Å². The maximum absolute atomic E-state index is 11.4. The van der Waals surface area contributed by atoms with Gasteiger partial charge in [0.2, 0.25) is 0 Å². The molecular weight excluding hydrogens is 208 g/mol. The van der Waals surface area contributed by atoms with E-state index in [0.29, 0.717) is 11.3 Å². The first-order valence-electron chi connectivity index (χ1n) is 4.80. The summed E-state index contributed by atoms with van der Waals surface area (Å²) in [7, 11) is 1.45. The van der Waals surface area contributed by atoms with Gasteiger partial charge in [-0.3, -0.25) is 0 Å². The van der Waals surface area contributed by atoms with E-state index in [9.17, 15) is 9.90 Å². The van der Waals surface area contributed by atoms with E-state index in [-0.39, 0.29) is 11.5 Å². The van der Waals surface area contributed by atoms with Gasteiger partial charge in [0.1, 0.15) is 5.75 Å². The molecular formula is C12H14O4. The summed E-state index contributed by atoms with van der Waals surface area (Å²) < 4.78 is 9.90. The topological polar surface area (TPSA) is 55.8 Å². The fraction of sp³-hybridized carbons (Fsp3) is 0.250. The van der Waals surface area contributed by atoms with Crippen LogP contribution >= 0.6 is 0 Å². The van der Waals surface area contributed by atoms with Gasteiger partial charge in [-0.25, -0.2) is 4.79 Å². The quantitative estimate of drug-likeness (QED) is 0.484. The van der Waals surface area contributed by atoms with Crippen molar-refractivity contribution >= 4 is 5.97 Å². The second-order valence-corrected chi connectivity index (χ2v) is 3.19. The molecule has 0 saturated carbocycles. The molecule has 16 heavy (non-hydrogen) atoms. The Morgan fingerprint density at radius 2 is 2.12 bits per heavy atom. The zero-order valence-corrected chi connectivity index (χ0v) is 9.48. The van der Waals surface area contributed by atoms with E-state index in [2.05, 4.69) is 0 Å². The van der Waals surface area contributed by atoms with Crippen molar-refractivity contribution < 1.29 is 19.4 Å². The van der Waals surface area contributed by atoms with Gasteiger partial charge in [-0.2, -0.15) is 0 Å². The van der Waals surface area contributed by atoms with Gasteiger partial charge in [0, 0.05) is 11.6 Å². The second-order valence-electron chi connectivity index (χ2n) is 3.19. The molecule has 0 fully saturated rings. The lowest BCUT2D eigenvalue weighted by Gasteiger charge is -2.07. The number of rotatable bonds is 3. The molecule has 0 amide bonds. The molecule has 86 valence electrons. The number of carbonyl (C=O) groups excluding carboxylic acids is 1. The molecule has 1 aromatic rings. The zero-order valence-electron chi connectivity index (χ0n) is 9.48. The summed E-state index contributed by atoms with van der Waals surface area (Å²) >= 11 is 0. The number of allylic oxidation sites excluding steroid dienone is 1. The number of benzene rings is 1. The Bertz CT molecular complexity index is 421. The molecule has 0 atom stereocenters. The molecule has 0 saturated heterocycles. The van der Waals surface area contributed by atoms with Crippen molar-refractivity contribution in [1.29, 1.82) is 0 Å². The first-order chi connectivity index (χ1) is 7.58. The SMILES string of the molecule is C/C=C(/C)C(=O)Oc1ccc(OC)c(O)c1. The van der Waals surface area contributed by atoms with Gasteiger partial charge < -0.3 is 14.6 Å². The number of esters is 1. The van der Waals surface area contributed by atoms with Crippen molar-refractivity contribution in [1.82, 2.24) is 0 Å². The highest BCUT2D eigenvalue weighted by Crippen LogP contribution is 2.29. The number of methoxy groups -OCH3 is 1. The Hall–Kier alpha value is -1.97. The first-order valence-corrected chi connectivity index (χ1v) is 4.80. The van der Waals surface area contributed by atoms with Crippen LogP contribution in [0.4, 0.5) is 0 Å². The Balaban J connectivity index is 2.83. The zero-order chi connectivity index (χ0) is 12.1. The van der Waals surface area contributed by atoms with Gasteiger partial charge in [-0.15, -0.1) is 0 Å². The fourth-order valence-electron chi connectivity index (χ4n) is 1.04. The number of hydrogen-bond acceptors (Lipinski definition) is 4. The van der Waals surface area contributed by atoms with Crippen molar-refractivity contribution in [3.8, 4) is 17.2 Å². The summed E-state index contributed by atoms with van der Waals surface area (Å²) in [5.41, 5.74) is 0.510. The average molecular weight is 222 g/mol. The molecule has 4 nitrogen and oxygen atoms in total. The monoisotopic (exact) mass is 222 g/mol. The maximum atomic E-state index is 11.4. The van der Waals surface area contributed by atoms with Crippen LogP contribution in [-0.2, 0) is 4.79 Å². The molecule has 4 heteroatoms. The molecule has 1 rings (SSSR count). The number of carbonyl (C=O) groups is 1. The molecule has 1 aromatic carbocycles. The Morgan fingerprint density at radius 3 is 2.62 bits per heavy atom. The smallest absolute Gasteiger partial charge is 0.338 e. The van der Waals surface area contributed by atoms with Crippen LogP contribution in [0.5, 0.6) is 17.2 Å². The number of ether oxygens (including phenoxy) is 2. The van der Waals surface area contributed by atoms with E-state index in [1.165, 1.54) is 19.2 Å². The average Bonchev–Trinajstić information content (AvgIpc) is 2.28. The van der Waals surface area contributed by atoms with Crippen LogP contribution < -0.4 is 9.47 Å². The van der Waals surface area contributed by atoms with E-state index in [0.717, 1.165) is 0 Å². The molecule has 0 aliphatic carbocycles. The van der Waals surface area contributed by atoms with Gasteiger partial charge in [-0.05, 0) is 26.0 Å². The number of aromatic hydroxyl groups is 1. The molecule has 0 radical (unpaired) electrons. The molecule has 0 spiro atoms. The van der Waals surface area contributed by atoms with Crippen molar-refractivity contribution in [3.05, 3.63) is 29.8 Å². The summed E-state index contributed by atoms with van der Waals surface area (Å²) in [6, 6.07) is 4.42. The molecule has 0 heterocycles. The molecule has 0 aliphatic heterocycles. The highest BCUT2D eigenvalue weighted by atomic mass is 16.5. The lowest BCUT2D eigenvalue weighted by atomic mass is 10.3. The van der Waals surface area contributed by atoms with Gasteiger partial charge in [-0.1, -0.05) is 6.08 Å². The molecule has 0 aliphatic rings. The third-order valence-electron chi connectivity index (χ3n) is 2.12. The van der Waals surface area contributed by atoms with E-state index in [4.69, 9.17) is 9.47 Å². The van der Waals surface area contributed by atoms with Crippen LogP contribution in [-0.4, -0.2) is 18.2 Å². The van der Waals surface area contributed by atoms with E-state index in [1.807, 2.05) is 0 Å². The molecule has 0 unspecified atom stereocenters. The number of hydrogen-bond donors (Lipinski definition) is 1. The summed E-state index contributed by atoms with van der Waals surface area (Å²) in [5.74, 6) is 0.116. The number of phenolic OH excluding ortho intramolecular Hbond substituents is 1. The van der Waals surface area contributed by atoms with Gasteiger partial charge in [0.15, 0.2) is 11.5 Å². The molecule has 1 N–H and O–H groups in total. The van der Waals surface area contributed by atoms with Gasteiger partial charge >= 0.3 is 5.97 Å². The van der Waals surface area contributed by atoms with Crippen LogP contribution in [0.1, 0.15) is 13.8 Å². The highest BCUT2D eigenvalue weighted by Gasteiger charge is 2.08. The first kappa shape index (κ1) is 12.1. The third-order valence-corrected chi connectivity index (χ3v) is 2.12. The van der Waals surface area contributed by atoms with Gasteiger partial charge in [0.05, 0.1) is 7.11 Å². The predicted molar refractivity (Wildman–Crippen MR) is 59.7 cm³/mol. The van der Waals surface area contributed by atoms with Crippen molar-refractivity contribution in [2.75, 3.05) is 7.11 Å².